The van der Waals surface area contributed by atoms with E-state index in [-0.39, 0.29) is 11.6 Å². The summed E-state index contributed by atoms with van der Waals surface area (Å²) in [5.41, 5.74) is 0.579. The number of nitrogens with one attached hydrogen (secondary N) is 3. The van der Waals surface area contributed by atoms with Gasteiger partial charge in [0.15, 0.2) is 10.9 Å². The van der Waals surface area contributed by atoms with E-state index in [1.165, 1.54) is 6.20 Å². The van der Waals surface area contributed by atoms with Crippen LogP contribution in [-0.4, -0.2) is 42.3 Å². The summed E-state index contributed by atoms with van der Waals surface area (Å²) in [4.78, 5) is 4.00. The van der Waals surface area contributed by atoms with E-state index < -0.39 is 10.0 Å². The van der Waals surface area contributed by atoms with Gasteiger partial charge in [-0.3, -0.25) is 5.10 Å². The fourth-order valence-corrected chi connectivity index (χ4v) is 2.82. The van der Waals surface area contributed by atoms with Gasteiger partial charge in [-0.1, -0.05) is 5.16 Å². The number of aromatic nitrogens is 4. The number of hydrogen-bond acceptors (Lipinski definition) is 7. The second-order valence-corrected chi connectivity index (χ2v) is 5.84. The highest BCUT2D eigenvalue weighted by Crippen LogP contribution is 2.11. The first-order chi connectivity index (χ1) is 9.53. The summed E-state index contributed by atoms with van der Waals surface area (Å²) in [6.45, 7) is 2.27. The molecule has 0 unspecified atom stereocenters. The molecule has 0 aliphatic carbocycles. The number of aromatic amines is 1. The molecule has 0 aliphatic rings. The number of nitrogens with zero attached hydrogens (tertiary/aromatic N) is 3. The number of sulfonamides is 1. The van der Waals surface area contributed by atoms with Crippen molar-refractivity contribution < 1.29 is 12.9 Å². The van der Waals surface area contributed by atoms with E-state index in [4.69, 9.17) is 4.52 Å². The molecule has 0 aliphatic heterocycles. The zero-order valence-electron chi connectivity index (χ0n) is 11.2. The largest absolute Gasteiger partial charge is 0.340 e. The Morgan fingerprint density at radius 3 is 2.90 bits per heavy atom. The van der Waals surface area contributed by atoms with Gasteiger partial charge < -0.3 is 9.84 Å². The summed E-state index contributed by atoms with van der Waals surface area (Å²) >= 11 is 0. The molecular weight excluding hydrogens is 284 g/mol. The molecule has 0 saturated heterocycles. The standard InChI is InChI=1S/C10H16N6O3S/c1-7-14-9(16-19-7)3-4-13-20(17,18)10-8(5-11-2)6-12-15-10/h6,11,13H,3-5H2,1-2H3,(H,12,15). The van der Waals surface area contributed by atoms with Crippen LogP contribution >= 0.6 is 0 Å². The first-order valence-electron chi connectivity index (χ1n) is 5.98. The minimum Gasteiger partial charge on any atom is -0.340 e. The van der Waals surface area contributed by atoms with Crippen molar-refractivity contribution in [3.05, 3.63) is 23.5 Å². The van der Waals surface area contributed by atoms with Gasteiger partial charge in [0.25, 0.3) is 10.0 Å². The predicted octanol–water partition coefficient (Wildman–Crippen LogP) is -0.658. The number of H-pyrrole nitrogens is 1. The Labute approximate surface area is 116 Å². The third-order valence-corrected chi connectivity index (χ3v) is 4.00. The van der Waals surface area contributed by atoms with Crippen LogP contribution in [0.1, 0.15) is 17.3 Å². The number of hydrogen-bond donors (Lipinski definition) is 3. The second kappa shape index (κ2) is 6.11. The van der Waals surface area contributed by atoms with Gasteiger partial charge in [0.05, 0.1) is 6.20 Å². The molecule has 2 rings (SSSR count). The fraction of sp³-hybridized carbons (Fsp3) is 0.500. The first-order valence-corrected chi connectivity index (χ1v) is 7.47. The van der Waals surface area contributed by atoms with Crippen LogP contribution in [0.5, 0.6) is 0 Å². The van der Waals surface area contributed by atoms with Gasteiger partial charge in [0.1, 0.15) is 0 Å². The third kappa shape index (κ3) is 3.40. The minimum absolute atomic E-state index is 0.0659. The van der Waals surface area contributed by atoms with Crippen LogP contribution < -0.4 is 10.0 Å². The molecule has 0 aromatic carbocycles. The molecule has 0 amide bonds. The summed E-state index contributed by atoms with van der Waals surface area (Å²) < 4.78 is 31.5. The molecule has 0 atom stereocenters. The average molecular weight is 300 g/mol. The third-order valence-electron chi connectivity index (χ3n) is 2.52. The Kier molecular flexibility index (Phi) is 4.47. The molecule has 3 N–H and O–H groups in total. The first kappa shape index (κ1) is 14.6. The highest BCUT2D eigenvalue weighted by atomic mass is 32.2. The highest BCUT2D eigenvalue weighted by molar-refractivity contribution is 7.89. The quantitative estimate of drug-likeness (QED) is 0.619. The topological polar surface area (TPSA) is 126 Å². The minimum atomic E-state index is -3.63. The maximum absolute atomic E-state index is 12.1. The molecule has 0 saturated carbocycles. The summed E-state index contributed by atoms with van der Waals surface area (Å²) in [5, 5.41) is 12.9. The SMILES string of the molecule is CNCc1cn[nH]c1S(=O)(=O)NCCc1noc(C)n1. The second-order valence-electron chi connectivity index (χ2n) is 4.13. The molecule has 20 heavy (non-hydrogen) atoms. The Balaban J connectivity index is 1.98. The number of aryl methyl sites for hydroxylation is 1. The van der Waals surface area contributed by atoms with Gasteiger partial charge in [-0.05, 0) is 7.05 Å². The zero-order valence-corrected chi connectivity index (χ0v) is 12.0. The smallest absolute Gasteiger partial charge is 0.257 e. The molecule has 0 bridgehead atoms. The van der Waals surface area contributed by atoms with Crippen molar-refractivity contribution in [2.45, 2.75) is 24.9 Å². The molecule has 0 fully saturated rings. The molecule has 9 nitrogen and oxygen atoms in total. The van der Waals surface area contributed by atoms with E-state index in [2.05, 4.69) is 30.4 Å². The van der Waals surface area contributed by atoms with Gasteiger partial charge >= 0.3 is 0 Å². The zero-order chi connectivity index (χ0) is 14.6. The summed E-state index contributed by atoms with van der Waals surface area (Å²) in [7, 11) is -1.90. The van der Waals surface area contributed by atoms with Crippen molar-refractivity contribution in [2.75, 3.05) is 13.6 Å². The lowest BCUT2D eigenvalue weighted by Crippen LogP contribution is -2.27. The van der Waals surface area contributed by atoms with E-state index in [0.717, 1.165) is 0 Å². The van der Waals surface area contributed by atoms with Crippen LogP contribution in [0.4, 0.5) is 0 Å². The lowest BCUT2D eigenvalue weighted by Gasteiger charge is -2.05. The average Bonchev–Trinajstić information content (AvgIpc) is 2.99. The van der Waals surface area contributed by atoms with Crippen LogP contribution in [0, 0.1) is 6.92 Å². The highest BCUT2D eigenvalue weighted by Gasteiger charge is 2.20. The predicted molar refractivity (Wildman–Crippen MR) is 69.3 cm³/mol. The van der Waals surface area contributed by atoms with Crippen molar-refractivity contribution in [3.8, 4) is 0 Å². The Bertz CT molecular complexity index is 662. The van der Waals surface area contributed by atoms with E-state index in [9.17, 15) is 8.42 Å². The maximum atomic E-state index is 12.1. The lowest BCUT2D eigenvalue weighted by atomic mass is 10.4. The molecular formula is C10H16N6O3S. The Morgan fingerprint density at radius 1 is 1.45 bits per heavy atom. The van der Waals surface area contributed by atoms with Crippen LogP contribution in [0.3, 0.4) is 0 Å². The number of rotatable bonds is 7. The monoisotopic (exact) mass is 300 g/mol. The molecule has 0 radical (unpaired) electrons. The Morgan fingerprint density at radius 2 is 2.25 bits per heavy atom. The maximum Gasteiger partial charge on any atom is 0.257 e. The van der Waals surface area contributed by atoms with Crippen molar-refractivity contribution in [2.24, 2.45) is 0 Å². The molecule has 2 aromatic rings. The normalized spacial score (nSPS) is 11.9. The van der Waals surface area contributed by atoms with Gasteiger partial charge in [-0.15, -0.1) is 0 Å². The fourth-order valence-electron chi connectivity index (χ4n) is 1.66. The summed E-state index contributed by atoms with van der Waals surface area (Å²) in [6.07, 6.45) is 1.83. The van der Waals surface area contributed by atoms with E-state index in [0.29, 0.717) is 30.2 Å². The Hall–Kier alpha value is -1.78. The molecule has 0 spiro atoms. The van der Waals surface area contributed by atoms with E-state index in [1.807, 2.05) is 0 Å². The van der Waals surface area contributed by atoms with E-state index >= 15 is 0 Å². The lowest BCUT2D eigenvalue weighted by molar-refractivity contribution is 0.387. The van der Waals surface area contributed by atoms with Crippen LogP contribution in [0.25, 0.3) is 0 Å². The van der Waals surface area contributed by atoms with Crippen molar-refractivity contribution in [3.63, 3.8) is 0 Å². The van der Waals surface area contributed by atoms with Crippen LogP contribution in [0.15, 0.2) is 15.7 Å². The molecule has 2 aromatic heterocycles. The van der Waals surface area contributed by atoms with Gasteiger partial charge in [0, 0.05) is 32.0 Å². The van der Waals surface area contributed by atoms with Gasteiger partial charge in [-0.25, -0.2) is 13.1 Å². The summed E-state index contributed by atoms with van der Waals surface area (Å²) in [5.74, 6) is 0.915. The van der Waals surface area contributed by atoms with Crippen molar-refractivity contribution in [1.29, 1.82) is 0 Å². The van der Waals surface area contributed by atoms with Crippen LogP contribution in [0.2, 0.25) is 0 Å². The van der Waals surface area contributed by atoms with Crippen LogP contribution in [-0.2, 0) is 23.0 Å². The molecule has 2 heterocycles. The molecule has 110 valence electrons. The van der Waals surface area contributed by atoms with Crippen molar-refractivity contribution in [1.82, 2.24) is 30.4 Å². The van der Waals surface area contributed by atoms with E-state index in [1.54, 1.807) is 14.0 Å². The van der Waals surface area contributed by atoms with Crippen molar-refractivity contribution >= 4 is 10.0 Å². The van der Waals surface area contributed by atoms with Gasteiger partial charge in [0.2, 0.25) is 5.89 Å². The molecule has 10 heteroatoms. The van der Waals surface area contributed by atoms with Gasteiger partial charge in [-0.2, -0.15) is 10.1 Å². The summed E-state index contributed by atoms with van der Waals surface area (Å²) in [6, 6.07) is 0.